The van der Waals surface area contributed by atoms with Crippen LogP contribution >= 0.6 is 0 Å². The molecule has 5 N–H and O–H groups in total. The van der Waals surface area contributed by atoms with Crippen LogP contribution in [0.1, 0.15) is 41.7 Å². The van der Waals surface area contributed by atoms with Crippen molar-refractivity contribution in [1.82, 2.24) is 20.6 Å². The number of alkyl halides is 3. The molecule has 15 heteroatoms. The first kappa shape index (κ1) is 34.7. The molecule has 2 aromatic heterocycles. The summed E-state index contributed by atoms with van der Waals surface area (Å²) in [6, 6.07) is 16.5. The normalized spacial score (nSPS) is 11.2. The Morgan fingerprint density at radius 3 is 2.10 bits per heavy atom. The first-order valence-corrected chi connectivity index (χ1v) is 14.8. The molecule has 0 saturated carbocycles. The van der Waals surface area contributed by atoms with Gasteiger partial charge in [-0.15, -0.1) is 0 Å². The first-order chi connectivity index (χ1) is 23.2. The second kappa shape index (κ2) is 17.5. The number of ether oxygens (including phenoxy) is 1. The van der Waals surface area contributed by atoms with Crippen LogP contribution in [0.4, 0.5) is 35.0 Å². The van der Waals surface area contributed by atoms with Crippen LogP contribution in [0, 0.1) is 11.5 Å². The van der Waals surface area contributed by atoms with E-state index in [0.717, 1.165) is 43.5 Å². The fourth-order valence-corrected chi connectivity index (χ4v) is 4.19. The smallest absolute Gasteiger partial charge is 0.416 e. The largest absolute Gasteiger partial charge is 0.457 e. The molecular weight excluding hydrogens is 627 g/mol. The molecule has 0 aliphatic carbocycles. The van der Waals surface area contributed by atoms with Gasteiger partial charge in [0, 0.05) is 54.8 Å². The van der Waals surface area contributed by atoms with Crippen LogP contribution < -0.4 is 31.3 Å². The van der Waals surface area contributed by atoms with E-state index in [4.69, 9.17) is 10.00 Å². The zero-order valence-corrected chi connectivity index (χ0v) is 25.6. The highest BCUT2D eigenvalue weighted by Crippen LogP contribution is 2.30. The molecule has 0 unspecified atom stereocenters. The molecule has 0 saturated heterocycles. The van der Waals surface area contributed by atoms with Crippen LogP contribution in [0.2, 0.25) is 0 Å². The zero-order chi connectivity index (χ0) is 34.2. The van der Waals surface area contributed by atoms with Crippen LogP contribution in [-0.4, -0.2) is 41.0 Å². The van der Waals surface area contributed by atoms with Crippen molar-refractivity contribution in [2.24, 2.45) is 4.99 Å². The maximum Gasteiger partial charge on any atom is 0.416 e. The van der Waals surface area contributed by atoms with Gasteiger partial charge in [-0.1, -0.05) is 12.8 Å². The van der Waals surface area contributed by atoms with Crippen LogP contribution in [0.5, 0.6) is 11.5 Å². The quantitative estimate of drug-likeness (QED) is 0.0345. The maximum absolute atomic E-state index is 12.7. The Kier molecular flexibility index (Phi) is 12.7. The lowest BCUT2D eigenvalue weighted by molar-refractivity contribution is -0.137. The number of benzene rings is 2. The SMILES string of the molecule is N#CNC(=NCCCCCCNC(=O)c1cc(Oc2ccc(NC(=O)Nc3ccc(C(F)(F)F)cc3)cc2)ccn1)Nc1ccncc1. The molecule has 0 atom stereocenters. The minimum absolute atomic E-state index is 0.194. The number of carbonyl (C=O) groups is 2. The molecule has 3 amide bonds. The van der Waals surface area contributed by atoms with Crippen molar-refractivity contribution in [2.75, 3.05) is 29.0 Å². The average Bonchev–Trinajstić information content (AvgIpc) is 3.07. The van der Waals surface area contributed by atoms with Gasteiger partial charge >= 0.3 is 12.2 Å². The van der Waals surface area contributed by atoms with Crippen LogP contribution in [0.25, 0.3) is 0 Å². The van der Waals surface area contributed by atoms with Crippen molar-refractivity contribution in [3.63, 3.8) is 0 Å². The number of pyridine rings is 2. The first-order valence-electron chi connectivity index (χ1n) is 14.8. The Labute approximate surface area is 274 Å². The topological polar surface area (TPSA) is 165 Å². The number of carbonyl (C=O) groups excluding carboxylic acids is 2. The number of guanidine groups is 1. The van der Waals surface area contributed by atoms with Crippen molar-refractivity contribution < 1.29 is 27.5 Å². The number of halogens is 3. The molecule has 0 aliphatic heterocycles. The molecule has 248 valence electrons. The number of unbranched alkanes of at least 4 members (excludes halogenated alkanes) is 3. The number of aliphatic imine (C=N–C) groups is 1. The highest BCUT2D eigenvalue weighted by Gasteiger charge is 2.30. The fourth-order valence-electron chi connectivity index (χ4n) is 4.19. The fraction of sp³-hybridized carbons (Fsp3) is 0.212. The van der Waals surface area contributed by atoms with E-state index in [1.807, 2.05) is 6.19 Å². The summed E-state index contributed by atoms with van der Waals surface area (Å²) in [6.45, 7) is 1.01. The second-order valence-corrected chi connectivity index (χ2v) is 10.2. The van der Waals surface area contributed by atoms with Crippen LogP contribution in [0.3, 0.4) is 0 Å². The Bertz CT molecular complexity index is 1710. The standard InChI is InChI=1S/C33H32F3N9O3/c34-33(35,36)23-5-7-24(8-6-23)44-32(47)45-25-9-11-27(12-10-25)48-28-15-20-39-29(21-28)30(46)40-16-3-1-2-4-17-41-31(42-22-37)43-26-13-18-38-19-14-26/h5-15,18-21H,1-4,16-17H2,(H,40,46)(H2,44,45,47)(H2,38,41,42,43). The molecular formula is C33H32F3N9O3. The number of aromatic nitrogens is 2. The van der Waals surface area contributed by atoms with Crippen LogP contribution in [0.15, 0.2) is 96.4 Å². The summed E-state index contributed by atoms with van der Waals surface area (Å²) >= 11 is 0. The highest BCUT2D eigenvalue weighted by atomic mass is 19.4. The van der Waals surface area contributed by atoms with E-state index < -0.39 is 17.8 Å². The number of hydrogen-bond acceptors (Lipinski definition) is 7. The van der Waals surface area contributed by atoms with E-state index in [1.54, 1.807) is 54.9 Å². The van der Waals surface area contributed by atoms with Crippen molar-refractivity contribution >= 4 is 35.0 Å². The van der Waals surface area contributed by atoms with Gasteiger partial charge in [0.1, 0.15) is 17.2 Å². The van der Waals surface area contributed by atoms with Gasteiger partial charge in [-0.3, -0.25) is 25.1 Å². The van der Waals surface area contributed by atoms with E-state index in [1.165, 1.54) is 24.4 Å². The number of anilines is 3. The lowest BCUT2D eigenvalue weighted by Gasteiger charge is -2.11. The molecule has 48 heavy (non-hydrogen) atoms. The summed E-state index contributed by atoms with van der Waals surface area (Å²) in [6.07, 6.45) is 5.51. The maximum atomic E-state index is 12.7. The van der Waals surface area contributed by atoms with Gasteiger partial charge in [-0.05, 0) is 79.6 Å². The van der Waals surface area contributed by atoms with Gasteiger partial charge in [-0.25, -0.2) is 4.79 Å². The van der Waals surface area contributed by atoms with Crippen molar-refractivity contribution in [2.45, 2.75) is 31.9 Å². The van der Waals surface area contributed by atoms with Gasteiger partial charge in [0.2, 0.25) is 5.96 Å². The summed E-state index contributed by atoms with van der Waals surface area (Å²) in [5, 5.41) is 22.4. The monoisotopic (exact) mass is 659 g/mol. The minimum atomic E-state index is -4.46. The highest BCUT2D eigenvalue weighted by molar-refractivity contribution is 5.99. The van der Waals surface area contributed by atoms with Gasteiger partial charge in [0.25, 0.3) is 5.91 Å². The summed E-state index contributed by atoms with van der Waals surface area (Å²) in [7, 11) is 0. The van der Waals surface area contributed by atoms with E-state index in [0.29, 0.717) is 36.2 Å². The zero-order valence-electron chi connectivity index (χ0n) is 25.6. The Morgan fingerprint density at radius 1 is 0.792 bits per heavy atom. The van der Waals surface area contributed by atoms with E-state index in [-0.39, 0.29) is 17.3 Å². The third-order valence-electron chi connectivity index (χ3n) is 6.54. The number of amides is 3. The Balaban J connectivity index is 1.15. The number of rotatable bonds is 13. The molecule has 0 bridgehead atoms. The molecule has 2 heterocycles. The lowest BCUT2D eigenvalue weighted by atomic mass is 10.2. The molecule has 4 rings (SSSR count). The van der Waals surface area contributed by atoms with Gasteiger partial charge in [0.15, 0.2) is 6.19 Å². The molecule has 0 aliphatic rings. The van der Waals surface area contributed by atoms with E-state index in [9.17, 15) is 22.8 Å². The van der Waals surface area contributed by atoms with Crippen molar-refractivity contribution in [3.8, 4) is 17.7 Å². The summed E-state index contributed by atoms with van der Waals surface area (Å²) < 4.78 is 44.0. The molecule has 0 fully saturated rings. The number of nitrogens with one attached hydrogen (secondary N) is 5. The number of urea groups is 1. The van der Waals surface area contributed by atoms with E-state index >= 15 is 0 Å². The van der Waals surface area contributed by atoms with Crippen LogP contribution in [-0.2, 0) is 6.18 Å². The minimum Gasteiger partial charge on any atom is -0.457 e. The van der Waals surface area contributed by atoms with Gasteiger partial charge < -0.3 is 26.0 Å². The average molecular weight is 660 g/mol. The van der Waals surface area contributed by atoms with Crippen molar-refractivity contribution in [3.05, 3.63) is 103 Å². The molecule has 12 nitrogen and oxygen atoms in total. The lowest BCUT2D eigenvalue weighted by Crippen LogP contribution is -2.27. The third kappa shape index (κ3) is 11.6. The van der Waals surface area contributed by atoms with E-state index in [2.05, 4.69) is 41.5 Å². The van der Waals surface area contributed by atoms with Crippen molar-refractivity contribution in [1.29, 1.82) is 5.26 Å². The molecule has 2 aromatic carbocycles. The molecule has 0 spiro atoms. The predicted molar refractivity (Wildman–Crippen MR) is 175 cm³/mol. The molecule has 0 radical (unpaired) electrons. The summed E-state index contributed by atoms with van der Waals surface area (Å²) in [5.74, 6) is 0.859. The predicted octanol–water partition coefficient (Wildman–Crippen LogP) is 6.76. The number of nitriles is 1. The Hall–Kier alpha value is -6.17. The number of hydrogen-bond donors (Lipinski definition) is 5. The van der Waals surface area contributed by atoms with Gasteiger partial charge in [-0.2, -0.15) is 18.4 Å². The second-order valence-electron chi connectivity index (χ2n) is 10.2. The third-order valence-corrected chi connectivity index (χ3v) is 6.54. The number of nitrogens with zero attached hydrogens (tertiary/aromatic N) is 4. The summed E-state index contributed by atoms with van der Waals surface area (Å²) in [4.78, 5) is 37.3. The molecule has 4 aromatic rings. The van der Waals surface area contributed by atoms with Gasteiger partial charge in [0.05, 0.1) is 5.56 Å². The summed E-state index contributed by atoms with van der Waals surface area (Å²) in [5.41, 5.74) is 0.778. The Morgan fingerprint density at radius 2 is 1.44 bits per heavy atom.